The van der Waals surface area contributed by atoms with E-state index >= 15 is 0 Å². The van der Waals surface area contributed by atoms with E-state index in [4.69, 9.17) is 0 Å². The van der Waals surface area contributed by atoms with E-state index in [1.807, 2.05) is 0 Å². The maximum absolute atomic E-state index is 4.58. The van der Waals surface area contributed by atoms with Crippen LogP contribution in [-0.2, 0) is 6.42 Å². The van der Waals surface area contributed by atoms with Crippen LogP contribution < -0.4 is 0 Å². The molecule has 21 heavy (non-hydrogen) atoms. The summed E-state index contributed by atoms with van der Waals surface area (Å²) in [5, 5.41) is 2.56. The molecule has 2 unspecified atom stereocenters. The average molecular weight is 272 g/mol. The molecule has 0 amide bonds. The third kappa shape index (κ3) is 1.79. The summed E-state index contributed by atoms with van der Waals surface area (Å²) in [5.74, 6) is 0.222. The minimum atomic E-state index is 0.222. The van der Waals surface area contributed by atoms with E-state index in [9.17, 15) is 0 Å². The van der Waals surface area contributed by atoms with E-state index < -0.39 is 0 Å². The molecule has 0 spiro atoms. The predicted molar refractivity (Wildman–Crippen MR) is 89.4 cm³/mol. The minimum Gasteiger partial charge on any atom is -0.269 e. The van der Waals surface area contributed by atoms with Crippen LogP contribution in [0.15, 0.2) is 71.2 Å². The molecule has 0 saturated carbocycles. The SMILES string of the molecule is C=CC(=C)C1=NC=NC2Cc3cc4ccccc4cc3C12. The quantitative estimate of drug-likeness (QED) is 0.736. The molecule has 2 aromatic rings. The highest BCUT2D eigenvalue weighted by molar-refractivity contribution is 6.11. The van der Waals surface area contributed by atoms with Crippen LogP contribution in [0, 0.1) is 0 Å². The monoisotopic (exact) mass is 272 g/mol. The van der Waals surface area contributed by atoms with Gasteiger partial charge in [-0.15, -0.1) is 0 Å². The molecule has 0 N–H and O–H groups in total. The second-order valence-corrected chi connectivity index (χ2v) is 5.66. The lowest BCUT2D eigenvalue weighted by atomic mass is 9.87. The van der Waals surface area contributed by atoms with Gasteiger partial charge in [0.15, 0.2) is 0 Å². The second-order valence-electron chi connectivity index (χ2n) is 5.66. The summed E-state index contributed by atoms with van der Waals surface area (Å²) in [6.45, 7) is 7.91. The second kappa shape index (κ2) is 4.52. The van der Waals surface area contributed by atoms with Crippen molar-refractivity contribution < 1.29 is 0 Å². The molecule has 0 saturated heterocycles. The van der Waals surface area contributed by atoms with Crippen molar-refractivity contribution in [3.8, 4) is 0 Å². The Labute approximate surface area is 124 Å². The Balaban J connectivity index is 1.91. The number of benzene rings is 2. The molecule has 102 valence electrons. The first-order valence-electron chi connectivity index (χ1n) is 7.20. The first-order chi connectivity index (χ1) is 10.3. The van der Waals surface area contributed by atoms with Crippen molar-refractivity contribution >= 4 is 22.8 Å². The highest BCUT2D eigenvalue weighted by Crippen LogP contribution is 2.41. The molecule has 0 fully saturated rings. The van der Waals surface area contributed by atoms with Gasteiger partial charge in [0.2, 0.25) is 0 Å². The Morgan fingerprint density at radius 2 is 1.95 bits per heavy atom. The van der Waals surface area contributed by atoms with Gasteiger partial charge in [-0.2, -0.15) is 0 Å². The Morgan fingerprint density at radius 3 is 2.71 bits per heavy atom. The maximum Gasteiger partial charge on any atom is 0.110 e. The van der Waals surface area contributed by atoms with Gasteiger partial charge in [-0.1, -0.05) is 55.6 Å². The molecule has 1 aliphatic heterocycles. The molecule has 0 aromatic heterocycles. The van der Waals surface area contributed by atoms with Gasteiger partial charge < -0.3 is 0 Å². The van der Waals surface area contributed by atoms with Crippen LogP contribution in [0.2, 0.25) is 0 Å². The molecule has 2 aromatic carbocycles. The Bertz CT molecular complexity index is 827. The minimum absolute atomic E-state index is 0.222. The molecule has 0 radical (unpaired) electrons. The number of nitrogens with zero attached hydrogens (tertiary/aromatic N) is 2. The molecule has 0 bridgehead atoms. The molecule has 2 atom stereocenters. The van der Waals surface area contributed by atoms with E-state index in [2.05, 4.69) is 59.5 Å². The fraction of sp³-hybridized carbons (Fsp3) is 0.158. The van der Waals surface area contributed by atoms with Crippen molar-refractivity contribution in [2.45, 2.75) is 18.4 Å². The van der Waals surface area contributed by atoms with E-state index in [0.29, 0.717) is 0 Å². The van der Waals surface area contributed by atoms with E-state index in [-0.39, 0.29) is 12.0 Å². The van der Waals surface area contributed by atoms with E-state index in [1.54, 1.807) is 12.4 Å². The molecular weight excluding hydrogens is 256 g/mol. The Kier molecular flexibility index (Phi) is 2.64. The average Bonchev–Trinajstić information content (AvgIpc) is 2.89. The van der Waals surface area contributed by atoms with Crippen LogP contribution in [0.25, 0.3) is 10.8 Å². The van der Waals surface area contributed by atoms with Crippen LogP contribution in [0.4, 0.5) is 0 Å². The third-order valence-electron chi connectivity index (χ3n) is 4.48. The van der Waals surface area contributed by atoms with Crippen molar-refractivity contribution in [1.29, 1.82) is 0 Å². The summed E-state index contributed by atoms with van der Waals surface area (Å²) in [6.07, 6.45) is 4.44. The Morgan fingerprint density at radius 1 is 1.19 bits per heavy atom. The lowest BCUT2D eigenvalue weighted by Gasteiger charge is -2.22. The zero-order valence-corrected chi connectivity index (χ0v) is 11.8. The van der Waals surface area contributed by atoms with Gasteiger partial charge >= 0.3 is 0 Å². The smallest absolute Gasteiger partial charge is 0.110 e. The fourth-order valence-electron chi connectivity index (χ4n) is 3.44. The van der Waals surface area contributed by atoms with Crippen molar-refractivity contribution in [3.63, 3.8) is 0 Å². The lowest BCUT2D eigenvalue weighted by molar-refractivity contribution is 0.679. The molecule has 1 aliphatic carbocycles. The number of fused-ring (bicyclic) bond motifs is 4. The van der Waals surface area contributed by atoms with Gasteiger partial charge in [-0.3, -0.25) is 4.99 Å². The van der Waals surface area contributed by atoms with Crippen LogP contribution in [-0.4, -0.2) is 18.1 Å². The molecule has 2 nitrogen and oxygen atoms in total. The van der Waals surface area contributed by atoms with Crippen LogP contribution in [0.1, 0.15) is 17.0 Å². The first kappa shape index (κ1) is 12.3. The topological polar surface area (TPSA) is 24.7 Å². The van der Waals surface area contributed by atoms with Crippen molar-refractivity contribution in [2.75, 3.05) is 0 Å². The predicted octanol–water partition coefficient (Wildman–Crippen LogP) is 4.07. The number of hydrogen-bond donors (Lipinski definition) is 0. The van der Waals surface area contributed by atoms with Gasteiger partial charge in [-0.25, -0.2) is 4.99 Å². The normalized spacial score (nSPS) is 22.6. The molecule has 1 heterocycles. The van der Waals surface area contributed by atoms with E-state index in [1.165, 1.54) is 21.9 Å². The fourth-order valence-corrected chi connectivity index (χ4v) is 3.44. The number of hydrogen-bond acceptors (Lipinski definition) is 2. The lowest BCUT2D eigenvalue weighted by Crippen LogP contribution is -2.25. The van der Waals surface area contributed by atoms with Gasteiger partial charge in [0.1, 0.15) is 6.34 Å². The standard InChI is InChI=1S/C19H16N2/c1-3-12(2)19-18-16-9-14-7-5-4-6-13(14)8-15(16)10-17(18)20-11-21-19/h3-9,11,17-18H,1-2,10H2. The summed E-state index contributed by atoms with van der Waals surface area (Å²) in [6, 6.07) is 13.3. The summed E-state index contributed by atoms with van der Waals surface area (Å²) in [7, 11) is 0. The molecular formula is C19H16N2. The van der Waals surface area contributed by atoms with Crippen LogP contribution in [0.3, 0.4) is 0 Å². The zero-order valence-electron chi connectivity index (χ0n) is 11.8. The zero-order chi connectivity index (χ0) is 14.4. The summed E-state index contributed by atoms with van der Waals surface area (Å²) in [4.78, 5) is 9.05. The van der Waals surface area contributed by atoms with Crippen LogP contribution >= 0.6 is 0 Å². The number of rotatable bonds is 2. The summed E-state index contributed by atoms with van der Waals surface area (Å²) >= 11 is 0. The highest BCUT2D eigenvalue weighted by Gasteiger charge is 2.37. The third-order valence-corrected chi connectivity index (χ3v) is 4.48. The number of aliphatic imine (C=N–C) groups is 2. The largest absolute Gasteiger partial charge is 0.269 e. The van der Waals surface area contributed by atoms with Crippen molar-refractivity contribution in [3.05, 3.63) is 72.3 Å². The van der Waals surface area contributed by atoms with Gasteiger partial charge in [0, 0.05) is 0 Å². The van der Waals surface area contributed by atoms with Gasteiger partial charge in [-0.05, 0) is 33.9 Å². The first-order valence-corrected chi connectivity index (χ1v) is 7.20. The van der Waals surface area contributed by atoms with Gasteiger partial charge in [0.05, 0.1) is 17.7 Å². The summed E-state index contributed by atoms with van der Waals surface area (Å²) < 4.78 is 0. The molecule has 4 rings (SSSR count). The van der Waals surface area contributed by atoms with Crippen molar-refractivity contribution in [2.24, 2.45) is 9.98 Å². The van der Waals surface area contributed by atoms with Crippen molar-refractivity contribution in [1.82, 2.24) is 0 Å². The molecule has 2 aliphatic rings. The molecule has 2 heteroatoms. The maximum atomic E-state index is 4.58. The van der Waals surface area contributed by atoms with E-state index in [0.717, 1.165) is 17.7 Å². The Hall–Kier alpha value is -2.48. The van der Waals surface area contributed by atoms with Gasteiger partial charge in [0.25, 0.3) is 0 Å². The van der Waals surface area contributed by atoms with Crippen LogP contribution in [0.5, 0.6) is 0 Å². The number of allylic oxidation sites excluding steroid dienone is 2. The highest BCUT2D eigenvalue weighted by atomic mass is 15.0. The summed E-state index contributed by atoms with van der Waals surface area (Å²) in [5.41, 5.74) is 4.64.